The van der Waals surface area contributed by atoms with Gasteiger partial charge in [0.25, 0.3) is 0 Å². The Balaban J connectivity index is 1.47. The molecule has 0 radical (unpaired) electrons. The zero-order valence-corrected chi connectivity index (χ0v) is 17.9. The molecule has 6 nitrogen and oxygen atoms in total. The lowest BCUT2D eigenvalue weighted by molar-refractivity contribution is -0.137. The Labute approximate surface area is 178 Å². The van der Waals surface area contributed by atoms with Gasteiger partial charge in [-0.1, -0.05) is 6.07 Å². The average molecular weight is 409 g/mol. The van der Waals surface area contributed by atoms with Gasteiger partial charge >= 0.3 is 0 Å². The van der Waals surface area contributed by atoms with Crippen LogP contribution in [0.3, 0.4) is 0 Å². The number of hydrogen-bond donors (Lipinski definition) is 1. The van der Waals surface area contributed by atoms with Crippen molar-refractivity contribution in [1.82, 2.24) is 14.4 Å². The second-order valence-corrected chi connectivity index (χ2v) is 8.55. The quantitative estimate of drug-likeness (QED) is 0.765. The Bertz CT molecular complexity index is 945. The Kier molecular flexibility index (Phi) is 6.40. The van der Waals surface area contributed by atoms with E-state index in [1.54, 1.807) is 0 Å². The van der Waals surface area contributed by atoms with Crippen molar-refractivity contribution in [3.63, 3.8) is 0 Å². The number of aliphatic hydroxyl groups is 1. The van der Waals surface area contributed by atoms with Gasteiger partial charge in [0.15, 0.2) is 0 Å². The van der Waals surface area contributed by atoms with Crippen LogP contribution in [0.4, 0.5) is 0 Å². The molecule has 30 heavy (non-hydrogen) atoms. The molecule has 1 amide bonds. The van der Waals surface area contributed by atoms with E-state index < -0.39 is 0 Å². The van der Waals surface area contributed by atoms with E-state index in [0.29, 0.717) is 18.2 Å². The van der Waals surface area contributed by atoms with Crippen molar-refractivity contribution < 1.29 is 9.90 Å². The molecule has 0 aliphatic carbocycles. The standard InChI is InChI=1S/C24H32N4O2/c1-2-27-21(16-19-8-7-18(17-25)15-23(19)27)10-9-20-5-3-12-28(20)24(30)22-6-4-11-26(22)13-14-29/h7-8,15-16,20,22,29H,2-6,9-14H2,1H3. The van der Waals surface area contributed by atoms with Crippen LogP contribution >= 0.6 is 0 Å². The fourth-order valence-corrected chi connectivity index (χ4v) is 5.40. The van der Waals surface area contributed by atoms with Gasteiger partial charge < -0.3 is 14.6 Å². The highest BCUT2D eigenvalue weighted by atomic mass is 16.3. The molecule has 1 aromatic carbocycles. The topological polar surface area (TPSA) is 72.5 Å². The van der Waals surface area contributed by atoms with Crippen molar-refractivity contribution in [2.45, 2.75) is 64.1 Å². The Morgan fingerprint density at radius 1 is 1.23 bits per heavy atom. The number of aliphatic hydroxyl groups excluding tert-OH is 1. The monoisotopic (exact) mass is 408 g/mol. The van der Waals surface area contributed by atoms with E-state index in [-0.39, 0.29) is 18.6 Å². The molecule has 160 valence electrons. The molecule has 1 aromatic heterocycles. The number of fused-ring (bicyclic) bond motifs is 1. The number of likely N-dealkylation sites (tertiary alicyclic amines) is 2. The van der Waals surface area contributed by atoms with Crippen molar-refractivity contribution >= 4 is 16.8 Å². The smallest absolute Gasteiger partial charge is 0.240 e. The SMILES string of the molecule is CCn1c(CCC2CCCN2C(=O)C2CCCN2CCO)cc2ccc(C#N)cc21. The molecule has 2 fully saturated rings. The number of amides is 1. The van der Waals surface area contributed by atoms with Crippen LogP contribution in [0.25, 0.3) is 10.9 Å². The number of nitrogens with zero attached hydrogens (tertiary/aromatic N) is 4. The third kappa shape index (κ3) is 3.97. The summed E-state index contributed by atoms with van der Waals surface area (Å²) in [7, 11) is 0. The minimum atomic E-state index is -0.0516. The molecule has 3 heterocycles. The first-order valence-corrected chi connectivity index (χ1v) is 11.3. The van der Waals surface area contributed by atoms with Gasteiger partial charge in [0.1, 0.15) is 0 Å². The van der Waals surface area contributed by atoms with Crippen molar-refractivity contribution in [2.24, 2.45) is 0 Å². The summed E-state index contributed by atoms with van der Waals surface area (Å²) in [5, 5.41) is 19.7. The van der Waals surface area contributed by atoms with Gasteiger partial charge in [-0.2, -0.15) is 5.26 Å². The van der Waals surface area contributed by atoms with E-state index in [1.165, 1.54) is 11.1 Å². The molecule has 4 rings (SSSR count). The van der Waals surface area contributed by atoms with Crippen molar-refractivity contribution in [3.05, 3.63) is 35.5 Å². The fraction of sp³-hybridized carbons (Fsp3) is 0.583. The zero-order valence-electron chi connectivity index (χ0n) is 17.9. The Morgan fingerprint density at radius 3 is 2.83 bits per heavy atom. The molecule has 2 unspecified atom stereocenters. The third-order valence-corrected chi connectivity index (χ3v) is 6.87. The number of β-amino-alcohol motifs (C(OH)–C–C–N with tert-alkyl or cyclic N) is 1. The number of benzene rings is 1. The molecule has 0 bridgehead atoms. The maximum Gasteiger partial charge on any atom is 0.240 e. The van der Waals surface area contributed by atoms with Gasteiger partial charge in [0.2, 0.25) is 5.91 Å². The van der Waals surface area contributed by atoms with Gasteiger partial charge in [-0.25, -0.2) is 0 Å². The molecular weight excluding hydrogens is 376 g/mol. The van der Waals surface area contributed by atoms with E-state index in [9.17, 15) is 15.2 Å². The van der Waals surface area contributed by atoms with Gasteiger partial charge in [-0.3, -0.25) is 9.69 Å². The minimum Gasteiger partial charge on any atom is -0.395 e. The van der Waals surface area contributed by atoms with E-state index in [0.717, 1.165) is 63.7 Å². The lowest BCUT2D eigenvalue weighted by Gasteiger charge is -2.31. The first-order chi connectivity index (χ1) is 14.7. The van der Waals surface area contributed by atoms with Crippen LogP contribution in [-0.2, 0) is 17.8 Å². The van der Waals surface area contributed by atoms with Gasteiger partial charge in [-0.05, 0) is 75.6 Å². The summed E-state index contributed by atoms with van der Waals surface area (Å²) < 4.78 is 2.30. The molecule has 2 atom stereocenters. The van der Waals surface area contributed by atoms with Crippen LogP contribution < -0.4 is 0 Å². The van der Waals surface area contributed by atoms with Gasteiger partial charge in [0.05, 0.1) is 24.3 Å². The lowest BCUT2D eigenvalue weighted by Crippen LogP contribution is -2.48. The van der Waals surface area contributed by atoms with Crippen LogP contribution in [0.15, 0.2) is 24.3 Å². The predicted molar refractivity (Wildman–Crippen MR) is 117 cm³/mol. The number of carbonyl (C=O) groups is 1. The molecule has 2 aliphatic heterocycles. The molecular formula is C24H32N4O2. The predicted octanol–water partition coefficient (Wildman–Crippen LogP) is 2.91. The number of aryl methyl sites for hydroxylation is 2. The molecule has 2 aromatic rings. The number of rotatable bonds is 7. The largest absolute Gasteiger partial charge is 0.395 e. The first kappa shape index (κ1) is 20.9. The number of aromatic nitrogens is 1. The number of carbonyl (C=O) groups excluding carboxylic acids is 1. The molecule has 6 heteroatoms. The summed E-state index contributed by atoms with van der Waals surface area (Å²) in [6.45, 7) is 5.49. The van der Waals surface area contributed by atoms with Crippen LogP contribution in [-0.4, -0.2) is 63.7 Å². The van der Waals surface area contributed by atoms with Crippen LogP contribution in [0.5, 0.6) is 0 Å². The van der Waals surface area contributed by atoms with Crippen LogP contribution in [0.1, 0.15) is 50.3 Å². The summed E-state index contributed by atoms with van der Waals surface area (Å²) in [6, 6.07) is 10.6. The van der Waals surface area contributed by atoms with E-state index in [1.807, 2.05) is 18.2 Å². The highest BCUT2D eigenvalue weighted by molar-refractivity contribution is 5.83. The van der Waals surface area contributed by atoms with E-state index >= 15 is 0 Å². The van der Waals surface area contributed by atoms with E-state index in [4.69, 9.17) is 0 Å². The Morgan fingerprint density at radius 2 is 2.07 bits per heavy atom. The summed E-state index contributed by atoms with van der Waals surface area (Å²) in [6.07, 6.45) is 6.00. The second-order valence-electron chi connectivity index (χ2n) is 8.55. The van der Waals surface area contributed by atoms with Crippen LogP contribution in [0.2, 0.25) is 0 Å². The maximum absolute atomic E-state index is 13.3. The highest BCUT2D eigenvalue weighted by Crippen LogP contribution is 2.28. The maximum atomic E-state index is 13.3. The van der Waals surface area contributed by atoms with Crippen LogP contribution in [0, 0.1) is 11.3 Å². The minimum absolute atomic E-state index is 0.0516. The van der Waals surface area contributed by atoms with E-state index in [2.05, 4.69) is 33.4 Å². The molecule has 1 N–H and O–H groups in total. The average Bonchev–Trinajstić information content (AvgIpc) is 3.49. The summed E-state index contributed by atoms with van der Waals surface area (Å²) in [5.74, 6) is 0.262. The lowest BCUT2D eigenvalue weighted by atomic mass is 10.1. The zero-order chi connectivity index (χ0) is 21.1. The fourth-order valence-electron chi connectivity index (χ4n) is 5.40. The van der Waals surface area contributed by atoms with Gasteiger partial charge in [-0.15, -0.1) is 0 Å². The molecule has 0 saturated carbocycles. The first-order valence-electron chi connectivity index (χ1n) is 11.3. The summed E-state index contributed by atoms with van der Waals surface area (Å²) >= 11 is 0. The van der Waals surface area contributed by atoms with Crippen molar-refractivity contribution in [3.8, 4) is 6.07 Å². The summed E-state index contributed by atoms with van der Waals surface area (Å²) in [4.78, 5) is 17.5. The molecule has 0 spiro atoms. The normalized spacial score (nSPS) is 22.1. The third-order valence-electron chi connectivity index (χ3n) is 6.87. The molecule has 2 saturated heterocycles. The Hall–Kier alpha value is -2.36. The second kappa shape index (κ2) is 9.20. The number of nitriles is 1. The van der Waals surface area contributed by atoms with Crippen molar-refractivity contribution in [2.75, 3.05) is 26.2 Å². The number of hydrogen-bond acceptors (Lipinski definition) is 4. The summed E-state index contributed by atoms with van der Waals surface area (Å²) in [5.41, 5.74) is 3.10. The van der Waals surface area contributed by atoms with Crippen molar-refractivity contribution in [1.29, 1.82) is 5.26 Å². The highest BCUT2D eigenvalue weighted by Gasteiger charge is 2.37. The molecule has 2 aliphatic rings. The van der Waals surface area contributed by atoms with Gasteiger partial charge in [0, 0.05) is 36.9 Å².